The number of hydrogen-bond donors (Lipinski definition) is 3. The fourth-order valence-corrected chi connectivity index (χ4v) is 2.36. The molecule has 21 heavy (non-hydrogen) atoms. The minimum absolute atomic E-state index is 0.0592. The number of nitrogens with one attached hydrogen (secondary N) is 2. The summed E-state index contributed by atoms with van der Waals surface area (Å²) in [5.74, 6) is -0.426. The number of carbonyl (C=O) groups excluding carboxylic acids is 2. The van der Waals surface area contributed by atoms with E-state index in [1.165, 1.54) is 0 Å². The highest BCUT2D eigenvalue weighted by Crippen LogP contribution is 2.29. The van der Waals surface area contributed by atoms with Gasteiger partial charge in [0.1, 0.15) is 0 Å². The zero-order valence-corrected chi connectivity index (χ0v) is 11.9. The van der Waals surface area contributed by atoms with Crippen LogP contribution in [0.4, 0.5) is 5.69 Å². The van der Waals surface area contributed by atoms with Gasteiger partial charge in [-0.25, -0.2) is 0 Å². The zero-order chi connectivity index (χ0) is 15.1. The molecule has 0 saturated carbocycles. The molecule has 0 aromatic heterocycles. The first-order valence-corrected chi connectivity index (χ1v) is 7.07. The second-order valence-corrected chi connectivity index (χ2v) is 5.19. The summed E-state index contributed by atoms with van der Waals surface area (Å²) in [4.78, 5) is 24.1. The Balaban J connectivity index is 1.84. The Morgan fingerprint density at radius 1 is 1.19 bits per heavy atom. The second-order valence-electron chi connectivity index (χ2n) is 5.19. The third kappa shape index (κ3) is 4.03. The van der Waals surface area contributed by atoms with Gasteiger partial charge in [0.15, 0.2) is 0 Å². The predicted octanol–water partition coefficient (Wildman–Crippen LogP) is 0.497. The summed E-state index contributed by atoms with van der Waals surface area (Å²) in [7, 11) is 0. The maximum Gasteiger partial charge on any atom is 0.243 e. The number of amides is 2. The number of anilines is 1. The molecule has 0 unspecified atom stereocenters. The normalized spacial score (nSPS) is 17.0. The Labute approximate surface area is 124 Å². The molecule has 1 aliphatic rings. The van der Waals surface area contributed by atoms with Crippen LogP contribution in [-0.4, -0.2) is 38.1 Å². The van der Waals surface area contributed by atoms with Crippen LogP contribution in [0.2, 0.25) is 0 Å². The summed E-state index contributed by atoms with van der Waals surface area (Å²) in [5.41, 5.74) is 5.85. The summed E-state index contributed by atoms with van der Waals surface area (Å²) in [6, 6.07) is 9.12. The lowest BCUT2D eigenvalue weighted by molar-refractivity contribution is -0.137. The highest BCUT2D eigenvalue weighted by molar-refractivity contribution is 5.95. The summed E-state index contributed by atoms with van der Waals surface area (Å²) in [6.07, 6.45) is 1.19. The fraction of sp³-hybridized carbons (Fsp3) is 0.467. The lowest BCUT2D eigenvalue weighted by Gasteiger charge is -2.34. The van der Waals surface area contributed by atoms with Crippen molar-refractivity contribution >= 4 is 17.5 Å². The average molecular weight is 291 g/mol. The quantitative estimate of drug-likeness (QED) is 0.736. The molecular formula is C15H21N3O3. The molecule has 0 aliphatic carbocycles. The van der Waals surface area contributed by atoms with Gasteiger partial charge < -0.3 is 21.1 Å². The molecule has 1 heterocycles. The molecule has 114 valence electrons. The molecule has 1 aromatic rings. The van der Waals surface area contributed by atoms with Crippen LogP contribution in [-0.2, 0) is 14.3 Å². The first-order valence-electron chi connectivity index (χ1n) is 7.07. The summed E-state index contributed by atoms with van der Waals surface area (Å²) in [5, 5.41) is 5.40. The van der Waals surface area contributed by atoms with Gasteiger partial charge in [0, 0.05) is 25.4 Å². The SMILES string of the molecule is NCC1(C(=O)NCC(=O)Nc2ccccc2)CCOCC1. The highest BCUT2D eigenvalue weighted by Gasteiger charge is 2.38. The first-order chi connectivity index (χ1) is 10.2. The van der Waals surface area contributed by atoms with Crippen LogP contribution in [0.25, 0.3) is 0 Å². The van der Waals surface area contributed by atoms with Crippen LogP contribution < -0.4 is 16.4 Å². The van der Waals surface area contributed by atoms with Crippen molar-refractivity contribution in [2.24, 2.45) is 11.1 Å². The van der Waals surface area contributed by atoms with E-state index < -0.39 is 5.41 Å². The Bertz CT molecular complexity index is 484. The number of para-hydroxylation sites is 1. The molecule has 0 bridgehead atoms. The number of benzene rings is 1. The van der Waals surface area contributed by atoms with Gasteiger partial charge in [0.05, 0.1) is 12.0 Å². The van der Waals surface area contributed by atoms with E-state index >= 15 is 0 Å². The number of rotatable bonds is 5. The maximum atomic E-state index is 12.3. The fourth-order valence-electron chi connectivity index (χ4n) is 2.36. The lowest BCUT2D eigenvalue weighted by atomic mass is 9.79. The molecule has 2 rings (SSSR count). The number of carbonyl (C=O) groups is 2. The van der Waals surface area contributed by atoms with Gasteiger partial charge in [0.25, 0.3) is 0 Å². The van der Waals surface area contributed by atoms with Crippen LogP contribution in [0.5, 0.6) is 0 Å². The van der Waals surface area contributed by atoms with Crippen molar-refractivity contribution in [3.05, 3.63) is 30.3 Å². The van der Waals surface area contributed by atoms with Crippen LogP contribution in [0.1, 0.15) is 12.8 Å². The van der Waals surface area contributed by atoms with Gasteiger partial charge in [-0.2, -0.15) is 0 Å². The third-order valence-corrected chi connectivity index (χ3v) is 3.79. The summed E-state index contributed by atoms with van der Waals surface area (Å²) in [6.45, 7) is 1.26. The minimum atomic E-state index is -0.606. The second kappa shape index (κ2) is 7.19. The Kier molecular flexibility index (Phi) is 5.30. The molecule has 2 amide bonds. The van der Waals surface area contributed by atoms with Gasteiger partial charge in [-0.05, 0) is 25.0 Å². The molecule has 1 saturated heterocycles. The van der Waals surface area contributed by atoms with Gasteiger partial charge in [0.2, 0.25) is 11.8 Å². The Morgan fingerprint density at radius 2 is 1.86 bits per heavy atom. The molecule has 1 aromatic carbocycles. The smallest absolute Gasteiger partial charge is 0.243 e. The maximum absolute atomic E-state index is 12.3. The molecule has 6 nitrogen and oxygen atoms in total. The number of nitrogens with two attached hydrogens (primary N) is 1. The number of ether oxygens (including phenoxy) is 1. The molecule has 0 atom stereocenters. The van der Waals surface area contributed by atoms with Crippen molar-refractivity contribution in [1.82, 2.24) is 5.32 Å². The molecule has 0 spiro atoms. The summed E-state index contributed by atoms with van der Waals surface area (Å²) < 4.78 is 5.27. The van der Waals surface area contributed by atoms with E-state index in [4.69, 9.17) is 10.5 Å². The van der Waals surface area contributed by atoms with E-state index in [-0.39, 0.29) is 24.9 Å². The van der Waals surface area contributed by atoms with Crippen LogP contribution >= 0.6 is 0 Å². The lowest BCUT2D eigenvalue weighted by Crippen LogP contribution is -2.50. The van der Waals surface area contributed by atoms with E-state index in [2.05, 4.69) is 10.6 Å². The van der Waals surface area contributed by atoms with Crippen LogP contribution in [0, 0.1) is 5.41 Å². The van der Waals surface area contributed by atoms with Crippen LogP contribution in [0.3, 0.4) is 0 Å². The van der Waals surface area contributed by atoms with Crippen molar-refractivity contribution in [3.63, 3.8) is 0 Å². The first kappa shape index (κ1) is 15.5. The van der Waals surface area contributed by atoms with Crippen molar-refractivity contribution in [2.75, 3.05) is 31.6 Å². The standard InChI is InChI=1S/C15H21N3O3/c16-11-15(6-8-21-9-7-15)14(20)17-10-13(19)18-12-4-2-1-3-5-12/h1-5H,6-11,16H2,(H,17,20)(H,18,19). The zero-order valence-electron chi connectivity index (χ0n) is 11.9. The van der Waals surface area contributed by atoms with E-state index in [0.29, 0.717) is 31.7 Å². The van der Waals surface area contributed by atoms with Gasteiger partial charge >= 0.3 is 0 Å². The van der Waals surface area contributed by atoms with E-state index in [1.54, 1.807) is 12.1 Å². The van der Waals surface area contributed by atoms with Gasteiger partial charge in [-0.1, -0.05) is 18.2 Å². The largest absolute Gasteiger partial charge is 0.381 e. The monoisotopic (exact) mass is 291 g/mol. The van der Waals surface area contributed by atoms with E-state index in [9.17, 15) is 9.59 Å². The Morgan fingerprint density at radius 3 is 2.48 bits per heavy atom. The minimum Gasteiger partial charge on any atom is -0.381 e. The molecule has 0 radical (unpaired) electrons. The van der Waals surface area contributed by atoms with Crippen LogP contribution in [0.15, 0.2) is 30.3 Å². The van der Waals surface area contributed by atoms with Crippen molar-refractivity contribution < 1.29 is 14.3 Å². The van der Waals surface area contributed by atoms with Crippen molar-refractivity contribution in [1.29, 1.82) is 0 Å². The molecule has 4 N–H and O–H groups in total. The number of hydrogen-bond acceptors (Lipinski definition) is 4. The van der Waals surface area contributed by atoms with Gasteiger partial charge in [-0.15, -0.1) is 0 Å². The third-order valence-electron chi connectivity index (χ3n) is 3.79. The highest BCUT2D eigenvalue weighted by atomic mass is 16.5. The Hall–Kier alpha value is -1.92. The van der Waals surface area contributed by atoms with E-state index in [1.807, 2.05) is 18.2 Å². The molecule has 1 fully saturated rings. The summed E-state index contributed by atoms with van der Waals surface area (Å²) >= 11 is 0. The van der Waals surface area contributed by atoms with Crippen molar-refractivity contribution in [3.8, 4) is 0 Å². The molecular weight excluding hydrogens is 270 g/mol. The molecule has 6 heteroatoms. The van der Waals surface area contributed by atoms with E-state index in [0.717, 1.165) is 0 Å². The van der Waals surface area contributed by atoms with Gasteiger partial charge in [-0.3, -0.25) is 9.59 Å². The predicted molar refractivity (Wildman–Crippen MR) is 79.6 cm³/mol. The van der Waals surface area contributed by atoms with Crippen molar-refractivity contribution in [2.45, 2.75) is 12.8 Å². The average Bonchev–Trinajstić information content (AvgIpc) is 2.54. The topological polar surface area (TPSA) is 93.5 Å². The molecule has 1 aliphatic heterocycles.